The maximum atomic E-state index is 6.09. The topological polar surface area (TPSA) is 37.8 Å². The lowest BCUT2D eigenvalue weighted by Gasteiger charge is -2.13. The number of hydrogen-bond acceptors (Lipinski definition) is 3. The van der Waals surface area contributed by atoms with E-state index >= 15 is 0 Å². The molecule has 0 saturated heterocycles. The molecule has 0 aliphatic heterocycles. The third-order valence-electron chi connectivity index (χ3n) is 3.15. The first-order valence-electron chi connectivity index (χ1n) is 7.03. The summed E-state index contributed by atoms with van der Waals surface area (Å²) in [4.78, 5) is 9.24. The number of hydrogen-bond donors (Lipinski definition) is 1. The molecule has 2 aromatic rings. The highest BCUT2D eigenvalue weighted by molar-refractivity contribution is 6.30. The minimum Gasteiger partial charge on any atom is -0.370 e. The van der Waals surface area contributed by atoms with Crippen molar-refractivity contribution < 1.29 is 0 Å². The Morgan fingerprint density at radius 1 is 1.20 bits per heavy atom. The standard InChI is InChI=1S/C16H20ClN3/c1-4-9-18-16-11(3)15(19-14(5-2)20-16)12-7-6-8-13(17)10-12/h6-8,10H,4-5,9H2,1-3H3,(H,18,19,20). The third kappa shape index (κ3) is 3.28. The Morgan fingerprint density at radius 3 is 2.65 bits per heavy atom. The number of halogens is 1. The zero-order valence-electron chi connectivity index (χ0n) is 12.2. The second-order valence-electron chi connectivity index (χ2n) is 4.75. The maximum Gasteiger partial charge on any atom is 0.133 e. The van der Waals surface area contributed by atoms with Crippen molar-refractivity contribution in [1.82, 2.24) is 9.97 Å². The van der Waals surface area contributed by atoms with Crippen molar-refractivity contribution in [2.24, 2.45) is 0 Å². The van der Waals surface area contributed by atoms with E-state index in [0.717, 1.165) is 52.9 Å². The molecule has 0 aliphatic rings. The molecule has 1 aromatic carbocycles. The predicted molar refractivity (Wildman–Crippen MR) is 85.4 cm³/mol. The van der Waals surface area contributed by atoms with Crippen LogP contribution in [-0.2, 0) is 6.42 Å². The second kappa shape index (κ2) is 6.71. The van der Waals surface area contributed by atoms with Crippen molar-refractivity contribution in [2.75, 3.05) is 11.9 Å². The van der Waals surface area contributed by atoms with Gasteiger partial charge in [0.1, 0.15) is 11.6 Å². The molecule has 1 heterocycles. The van der Waals surface area contributed by atoms with Gasteiger partial charge >= 0.3 is 0 Å². The monoisotopic (exact) mass is 289 g/mol. The van der Waals surface area contributed by atoms with Gasteiger partial charge in [0.15, 0.2) is 0 Å². The summed E-state index contributed by atoms with van der Waals surface area (Å²) >= 11 is 6.09. The lowest BCUT2D eigenvalue weighted by atomic mass is 10.1. The van der Waals surface area contributed by atoms with Crippen LogP contribution in [-0.4, -0.2) is 16.5 Å². The van der Waals surface area contributed by atoms with Crippen molar-refractivity contribution >= 4 is 17.4 Å². The first-order chi connectivity index (χ1) is 9.65. The highest BCUT2D eigenvalue weighted by Gasteiger charge is 2.12. The van der Waals surface area contributed by atoms with E-state index in [0.29, 0.717) is 0 Å². The Morgan fingerprint density at radius 2 is 2.00 bits per heavy atom. The summed E-state index contributed by atoms with van der Waals surface area (Å²) in [5.41, 5.74) is 3.06. The van der Waals surface area contributed by atoms with Crippen molar-refractivity contribution in [3.05, 3.63) is 40.7 Å². The summed E-state index contributed by atoms with van der Waals surface area (Å²) in [6.07, 6.45) is 1.88. The molecule has 1 aromatic heterocycles. The highest BCUT2D eigenvalue weighted by Crippen LogP contribution is 2.27. The summed E-state index contributed by atoms with van der Waals surface area (Å²) in [6, 6.07) is 7.80. The van der Waals surface area contributed by atoms with Crippen LogP contribution in [0.2, 0.25) is 5.02 Å². The fraction of sp³-hybridized carbons (Fsp3) is 0.375. The zero-order chi connectivity index (χ0) is 14.5. The first-order valence-corrected chi connectivity index (χ1v) is 7.40. The number of benzene rings is 1. The Hall–Kier alpha value is -1.61. The minimum absolute atomic E-state index is 0.724. The van der Waals surface area contributed by atoms with Gasteiger partial charge in [-0.25, -0.2) is 9.97 Å². The van der Waals surface area contributed by atoms with Crippen LogP contribution in [0, 0.1) is 6.92 Å². The van der Waals surface area contributed by atoms with Crippen molar-refractivity contribution in [2.45, 2.75) is 33.6 Å². The average molecular weight is 290 g/mol. The van der Waals surface area contributed by atoms with Gasteiger partial charge in [-0.3, -0.25) is 0 Å². The van der Waals surface area contributed by atoms with Gasteiger partial charge in [-0.15, -0.1) is 0 Å². The molecule has 106 valence electrons. The Labute approximate surface area is 125 Å². The molecule has 20 heavy (non-hydrogen) atoms. The molecule has 0 fully saturated rings. The largest absolute Gasteiger partial charge is 0.370 e. The summed E-state index contributed by atoms with van der Waals surface area (Å²) in [7, 11) is 0. The maximum absolute atomic E-state index is 6.09. The first kappa shape index (κ1) is 14.8. The van der Waals surface area contributed by atoms with Crippen LogP contribution in [0.4, 0.5) is 5.82 Å². The van der Waals surface area contributed by atoms with Gasteiger partial charge in [0.2, 0.25) is 0 Å². The SMILES string of the molecule is CCCNc1nc(CC)nc(-c2cccc(Cl)c2)c1C. The summed E-state index contributed by atoms with van der Waals surface area (Å²) in [5.74, 6) is 1.78. The van der Waals surface area contributed by atoms with Gasteiger partial charge in [0.05, 0.1) is 5.69 Å². The number of aromatic nitrogens is 2. The number of rotatable bonds is 5. The molecule has 0 spiro atoms. The van der Waals surface area contributed by atoms with Gasteiger partial charge in [0, 0.05) is 29.1 Å². The molecule has 4 heteroatoms. The third-order valence-corrected chi connectivity index (χ3v) is 3.38. The Bertz CT molecular complexity index is 596. The molecule has 2 rings (SSSR count). The summed E-state index contributed by atoms with van der Waals surface area (Å²) < 4.78 is 0. The zero-order valence-corrected chi connectivity index (χ0v) is 13.0. The van der Waals surface area contributed by atoms with Crippen molar-refractivity contribution in [3.63, 3.8) is 0 Å². The Balaban J connectivity index is 2.51. The van der Waals surface area contributed by atoms with Gasteiger partial charge in [0.25, 0.3) is 0 Å². The fourth-order valence-corrected chi connectivity index (χ4v) is 2.24. The highest BCUT2D eigenvalue weighted by atomic mass is 35.5. The molecule has 0 radical (unpaired) electrons. The summed E-state index contributed by atoms with van der Waals surface area (Å²) in [5, 5.41) is 4.10. The number of nitrogens with one attached hydrogen (secondary N) is 1. The molecule has 0 atom stereocenters. The van der Waals surface area contributed by atoms with E-state index in [4.69, 9.17) is 11.6 Å². The lowest BCUT2D eigenvalue weighted by Crippen LogP contribution is -2.08. The van der Waals surface area contributed by atoms with E-state index in [1.165, 1.54) is 0 Å². The quantitative estimate of drug-likeness (QED) is 0.881. The predicted octanol–water partition coefficient (Wildman–Crippen LogP) is 4.49. The van der Waals surface area contributed by atoms with Gasteiger partial charge < -0.3 is 5.32 Å². The second-order valence-corrected chi connectivity index (χ2v) is 5.19. The molecular weight excluding hydrogens is 270 g/mol. The minimum atomic E-state index is 0.724. The molecule has 0 amide bonds. The lowest BCUT2D eigenvalue weighted by molar-refractivity contribution is 0.911. The van der Waals surface area contributed by atoms with Crippen LogP contribution < -0.4 is 5.32 Å². The van der Waals surface area contributed by atoms with Gasteiger partial charge in [-0.2, -0.15) is 0 Å². The van der Waals surface area contributed by atoms with Crippen LogP contribution >= 0.6 is 11.6 Å². The van der Waals surface area contributed by atoms with E-state index in [1.54, 1.807) is 0 Å². The van der Waals surface area contributed by atoms with E-state index in [-0.39, 0.29) is 0 Å². The van der Waals surface area contributed by atoms with Crippen molar-refractivity contribution in [3.8, 4) is 11.3 Å². The van der Waals surface area contributed by atoms with E-state index in [9.17, 15) is 0 Å². The van der Waals surface area contributed by atoms with Gasteiger partial charge in [-0.05, 0) is 25.5 Å². The average Bonchev–Trinajstić information content (AvgIpc) is 2.46. The molecule has 0 unspecified atom stereocenters. The fourth-order valence-electron chi connectivity index (χ4n) is 2.05. The van der Waals surface area contributed by atoms with Gasteiger partial charge in [-0.1, -0.05) is 37.6 Å². The van der Waals surface area contributed by atoms with E-state index < -0.39 is 0 Å². The molecule has 0 aliphatic carbocycles. The number of anilines is 1. The van der Waals surface area contributed by atoms with Crippen molar-refractivity contribution in [1.29, 1.82) is 0 Å². The summed E-state index contributed by atoms with van der Waals surface area (Å²) in [6.45, 7) is 7.17. The van der Waals surface area contributed by atoms with E-state index in [1.807, 2.05) is 31.2 Å². The van der Waals surface area contributed by atoms with Crippen LogP contribution in [0.25, 0.3) is 11.3 Å². The molecule has 1 N–H and O–H groups in total. The van der Waals surface area contributed by atoms with E-state index in [2.05, 4.69) is 29.1 Å². The smallest absolute Gasteiger partial charge is 0.133 e. The Kier molecular flexibility index (Phi) is 4.96. The van der Waals surface area contributed by atoms with Crippen LogP contribution in [0.1, 0.15) is 31.7 Å². The molecule has 0 bridgehead atoms. The molecular formula is C16H20ClN3. The molecule has 0 saturated carbocycles. The number of nitrogens with zero attached hydrogens (tertiary/aromatic N) is 2. The van der Waals surface area contributed by atoms with Crippen LogP contribution in [0.3, 0.4) is 0 Å². The van der Waals surface area contributed by atoms with Crippen LogP contribution in [0.15, 0.2) is 24.3 Å². The van der Waals surface area contributed by atoms with Crippen LogP contribution in [0.5, 0.6) is 0 Å². The normalized spacial score (nSPS) is 10.6. The number of aryl methyl sites for hydroxylation is 1. The molecule has 3 nitrogen and oxygen atoms in total.